The van der Waals surface area contributed by atoms with E-state index in [0.29, 0.717) is 30.0 Å². The second-order valence-corrected chi connectivity index (χ2v) is 10.8. The highest BCUT2D eigenvalue weighted by Crippen LogP contribution is 2.48. The maximum absolute atomic E-state index is 14.0. The zero-order chi connectivity index (χ0) is 29.1. The molecule has 3 aliphatic rings. The average molecular weight is 560 g/mol. The SMILES string of the molecule is CCOc1cc(C2C(C(=O)OC3CCCC3)=C(C)NC3=CC(c4ccc(OC)cc4)CC(=O)C32)ccc1OC(C)=O. The molecule has 1 heterocycles. The molecule has 216 valence electrons. The third kappa shape index (κ3) is 6.01. The van der Waals surface area contributed by atoms with Crippen LogP contribution in [-0.2, 0) is 19.1 Å². The minimum absolute atomic E-state index is 0.0292. The number of hydrogen-bond acceptors (Lipinski definition) is 8. The number of rotatable bonds is 8. The Kier molecular flexibility index (Phi) is 8.47. The number of ketones is 1. The molecule has 2 aromatic rings. The van der Waals surface area contributed by atoms with Crippen LogP contribution in [0.15, 0.2) is 65.5 Å². The van der Waals surface area contributed by atoms with Gasteiger partial charge in [-0.1, -0.05) is 24.3 Å². The zero-order valence-corrected chi connectivity index (χ0v) is 24.0. The summed E-state index contributed by atoms with van der Waals surface area (Å²) in [6.45, 7) is 5.38. The number of fused-ring (bicyclic) bond motifs is 1. The molecule has 8 nitrogen and oxygen atoms in total. The van der Waals surface area contributed by atoms with Gasteiger partial charge in [0.25, 0.3) is 0 Å². The van der Waals surface area contributed by atoms with Gasteiger partial charge in [0.1, 0.15) is 17.6 Å². The summed E-state index contributed by atoms with van der Waals surface area (Å²) in [4.78, 5) is 39.4. The minimum atomic E-state index is -0.603. The number of carbonyl (C=O) groups excluding carboxylic acids is 3. The molecule has 2 aromatic carbocycles. The first kappa shape index (κ1) is 28.5. The topological polar surface area (TPSA) is 100 Å². The molecular weight excluding hydrogens is 522 g/mol. The van der Waals surface area contributed by atoms with Gasteiger partial charge in [-0.15, -0.1) is 0 Å². The summed E-state index contributed by atoms with van der Waals surface area (Å²) < 4.78 is 22.5. The predicted octanol–water partition coefficient (Wildman–Crippen LogP) is 5.72. The fraction of sp³-hybridized carbons (Fsp3) is 0.424. The number of Topliss-reactive ketones (excluding diaryl/α,β-unsaturated/α-hetero) is 1. The third-order valence-corrected chi connectivity index (χ3v) is 8.08. The molecule has 3 unspecified atom stereocenters. The van der Waals surface area contributed by atoms with Gasteiger partial charge in [0.15, 0.2) is 11.5 Å². The van der Waals surface area contributed by atoms with E-state index in [1.807, 2.05) is 38.1 Å². The van der Waals surface area contributed by atoms with E-state index < -0.39 is 23.8 Å². The standard InChI is InChI=1S/C33H37NO7/c1-5-39-29-18-22(12-15-28(29)40-20(3)35)31-30(33(37)41-25-8-6-7-9-25)19(2)34-26-16-23(17-27(36)32(26)31)21-10-13-24(38-4)14-11-21/h10-16,18,23,25,31-32,34H,5-9,17H2,1-4H3. The molecular formula is C33H37NO7. The van der Waals surface area contributed by atoms with Crippen molar-refractivity contribution in [3.63, 3.8) is 0 Å². The van der Waals surface area contributed by atoms with Gasteiger partial charge in [0, 0.05) is 36.6 Å². The molecule has 41 heavy (non-hydrogen) atoms. The Morgan fingerprint density at radius 3 is 2.34 bits per heavy atom. The highest BCUT2D eigenvalue weighted by Gasteiger charge is 2.45. The van der Waals surface area contributed by atoms with Crippen LogP contribution in [-0.4, -0.2) is 37.5 Å². The molecule has 0 aromatic heterocycles. The van der Waals surface area contributed by atoms with E-state index in [0.717, 1.165) is 48.3 Å². The van der Waals surface area contributed by atoms with Gasteiger partial charge in [-0.3, -0.25) is 9.59 Å². The van der Waals surface area contributed by atoms with Crippen molar-refractivity contribution in [2.75, 3.05) is 13.7 Å². The molecule has 0 saturated heterocycles. The van der Waals surface area contributed by atoms with Crippen molar-refractivity contribution < 1.29 is 33.3 Å². The van der Waals surface area contributed by atoms with Crippen LogP contribution in [0.3, 0.4) is 0 Å². The summed E-state index contributed by atoms with van der Waals surface area (Å²) in [5.41, 5.74) is 3.60. The second-order valence-electron chi connectivity index (χ2n) is 10.8. The Balaban J connectivity index is 1.58. The van der Waals surface area contributed by atoms with Gasteiger partial charge in [0.05, 0.1) is 25.2 Å². The molecule has 8 heteroatoms. The van der Waals surface area contributed by atoms with Crippen molar-refractivity contribution in [3.8, 4) is 17.2 Å². The molecule has 1 aliphatic heterocycles. The number of esters is 2. The fourth-order valence-corrected chi connectivity index (χ4v) is 6.22. The molecule has 2 aliphatic carbocycles. The van der Waals surface area contributed by atoms with Gasteiger partial charge >= 0.3 is 11.9 Å². The van der Waals surface area contributed by atoms with E-state index in [2.05, 4.69) is 11.4 Å². The number of hydrogen-bond donors (Lipinski definition) is 1. The first-order chi connectivity index (χ1) is 19.8. The molecule has 0 bridgehead atoms. The Bertz CT molecular complexity index is 1380. The molecule has 3 atom stereocenters. The number of benzene rings is 2. The van der Waals surface area contributed by atoms with Gasteiger partial charge in [0.2, 0.25) is 0 Å². The largest absolute Gasteiger partial charge is 0.497 e. The van der Waals surface area contributed by atoms with Crippen LogP contribution >= 0.6 is 0 Å². The number of ether oxygens (including phenoxy) is 4. The first-order valence-electron chi connectivity index (χ1n) is 14.3. The van der Waals surface area contributed by atoms with Gasteiger partial charge in [-0.25, -0.2) is 4.79 Å². The van der Waals surface area contributed by atoms with Crippen LogP contribution in [0, 0.1) is 5.92 Å². The molecule has 1 saturated carbocycles. The van der Waals surface area contributed by atoms with E-state index in [1.54, 1.807) is 25.3 Å². The fourth-order valence-electron chi connectivity index (χ4n) is 6.22. The van der Waals surface area contributed by atoms with Crippen LogP contribution in [0.25, 0.3) is 0 Å². The lowest BCUT2D eigenvalue weighted by atomic mass is 9.68. The van der Waals surface area contributed by atoms with Crippen LogP contribution < -0.4 is 19.5 Å². The van der Waals surface area contributed by atoms with Crippen molar-refractivity contribution >= 4 is 17.7 Å². The van der Waals surface area contributed by atoms with Gasteiger partial charge in [-0.2, -0.15) is 0 Å². The molecule has 1 N–H and O–H groups in total. The summed E-state index contributed by atoms with van der Waals surface area (Å²) in [6.07, 6.45) is 6.04. The smallest absolute Gasteiger partial charge is 0.336 e. The number of allylic oxidation sites excluding steroid dienone is 3. The number of nitrogens with one attached hydrogen (secondary N) is 1. The van der Waals surface area contributed by atoms with Crippen LogP contribution in [0.5, 0.6) is 17.2 Å². The van der Waals surface area contributed by atoms with Crippen molar-refractivity contribution in [3.05, 3.63) is 76.6 Å². The van der Waals surface area contributed by atoms with E-state index in [-0.39, 0.29) is 23.6 Å². The third-order valence-electron chi connectivity index (χ3n) is 8.08. The number of methoxy groups -OCH3 is 1. The van der Waals surface area contributed by atoms with Crippen molar-refractivity contribution in [1.29, 1.82) is 0 Å². The highest BCUT2D eigenvalue weighted by atomic mass is 16.6. The lowest BCUT2D eigenvalue weighted by molar-refractivity contribution is -0.144. The van der Waals surface area contributed by atoms with Crippen LogP contribution in [0.4, 0.5) is 0 Å². The van der Waals surface area contributed by atoms with Crippen molar-refractivity contribution in [2.24, 2.45) is 5.92 Å². The van der Waals surface area contributed by atoms with E-state index >= 15 is 0 Å². The van der Waals surface area contributed by atoms with E-state index in [4.69, 9.17) is 18.9 Å². The molecule has 0 radical (unpaired) electrons. The normalized spacial score (nSPS) is 22.4. The molecule has 5 rings (SSSR count). The van der Waals surface area contributed by atoms with Gasteiger partial charge in [-0.05, 0) is 74.9 Å². The lowest BCUT2D eigenvalue weighted by Crippen LogP contribution is -2.42. The van der Waals surface area contributed by atoms with Crippen molar-refractivity contribution in [1.82, 2.24) is 5.32 Å². The quantitative estimate of drug-likeness (QED) is 0.324. The maximum Gasteiger partial charge on any atom is 0.336 e. The average Bonchev–Trinajstić information content (AvgIpc) is 3.46. The Morgan fingerprint density at radius 2 is 1.68 bits per heavy atom. The summed E-state index contributed by atoms with van der Waals surface area (Å²) in [6, 6.07) is 13.0. The molecule has 0 amide bonds. The van der Waals surface area contributed by atoms with Gasteiger partial charge < -0.3 is 24.3 Å². The van der Waals surface area contributed by atoms with E-state index in [1.165, 1.54) is 6.92 Å². The van der Waals surface area contributed by atoms with Crippen molar-refractivity contribution in [2.45, 2.75) is 70.8 Å². The summed E-state index contributed by atoms with van der Waals surface area (Å²) in [7, 11) is 1.62. The lowest BCUT2D eigenvalue weighted by Gasteiger charge is -2.40. The summed E-state index contributed by atoms with van der Waals surface area (Å²) >= 11 is 0. The molecule has 1 fully saturated rings. The van der Waals surface area contributed by atoms with Crippen LogP contribution in [0.2, 0.25) is 0 Å². The van der Waals surface area contributed by atoms with Crippen LogP contribution in [0.1, 0.15) is 75.8 Å². The second kappa shape index (κ2) is 12.2. The monoisotopic (exact) mass is 559 g/mol. The Labute approximate surface area is 240 Å². The zero-order valence-electron chi connectivity index (χ0n) is 24.0. The maximum atomic E-state index is 14.0. The predicted molar refractivity (Wildman–Crippen MR) is 153 cm³/mol. The molecule has 0 spiro atoms. The minimum Gasteiger partial charge on any atom is -0.497 e. The summed E-state index contributed by atoms with van der Waals surface area (Å²) in [5, 5.41) is 3.40. The van der Waals surface area contributed by atoms with E-state index in [9.17, 15) is 14.4 Å². The number of carbonyl (C=O) groups is 3. The highest BCUT2D eigenvalue weighted by molar-refractivity contribution is 5.96. The summed E-state index contributed by atoms with van der Waals surface area (Å²) in [5.74, 6) is -0.724. The Hall–Kier alpha value is -4.07. The first-order valence-corrected chi connectivity index (χ1v) is 14.3. The Morgan fingerprint density at radius 1 is 0.976 bits per heavy atom.